The van der Waals surface area contributed by atoms with Crippen molar-refractivity contribution in [3.8, 4) is 0 Å². The first-order valence-electron chi connectivity index (χ1n) is 8.73. The fraction of sp³-hybridized carbons (Fsp3) is 1.00. The Morgan fingerprint density at radius 1 is 1.15 bits per heavy atom. The van der Waals surface area contributed by atoms with Crippen LogP contribution < -0.4 is 5.32 Å². The minimum atomic E-state index is 0.544. The molecule has 1 N–H and O–H groups in total. The normalized spacial score (nSPS) is 31.9. The van der Waals surface area contributed by atoms with Gasteiger partial charge in [0.1, 0.15) is 0 Å². The molecule has 3 heteroatoms. The highest BCUT2D eigenvalue weighted by atomic mass is 32.2. The third-order valence-corrected chi connectivity index (χ3v) is 6.81. The fourth-order valence-corrected chi connectivity index (χ4v) is 5.07. The SMILES string of the molecule is CCNCC1(CN2CCSC(C)C2C)CCCCCC1. The van der Waals surface area contributed by atoms with Crippen LogP contribution >= 0.6 is 11.8 Å². The Kier molecular flexibility index (Phi) is 6.70. The Hall–Kier alpha value is 0.270. The van der Waals surface area contributed by atoms with E-state index in [1.165, 1.54) is 63.9 Å². The van der Waals surface area contributed by atoms with E-state index in [0.29, 0.717) is 5.41 Å². The summed E-state index contributed by atoms with van der Waals surface area (Å²) in [5.74, 6) is 1.32. The Bertz CT molecular complexity index is 274. The van der Waals surface area contributed by atoms with Gasteiger partial charge < -0.3 is 5.32 Å². The maximum absolute atomic E-state index is 3.67. The third kappa shape index (κ3) is 4.38. The fourth-order valence-electron chi connectivity index (χ4n) is 3.91. The molecule has 1 aliphatic carbocycles. The van der Waals surface area contributed by atoms with Gasteiger partial charge in [0.15, 0.2) is 0 Å². The van der Waals surface area contributed by atoms with Gasteiger partial charge in [0.05, 0.1) is 0 Å². The standard InChI is InChI=1S/C17H34N2S/c1-4-18-13-17(9-7-5-6-8-10-17)14-19-11-12-20-16(3)15(19)2/h15-16,18H,4-14H2,1-3H3. The highest BCUT2D eigenvalue weighted by Crippen LogP contribution is 2.37. The number of thioether (sulfide) groups is 1. The molecule has 1 saturated heterocycles. The van der Waals surface area contributed by atoms with Gasteiger partial charge in [0.2, 0.25) is 0 Å². The van der Waals surface area contributed by atoms with Crippen molar-refractivity contribution in [1.82, 2.24) is 10.2 Å². The van der Waals surface area contributed by atoms with Gasteiger partial charge in [-0.2, -0.15) is 11.8 Å². The predicted molar refractivity (Wildman–Crippen MR) is 91.6 cm³/mol. The zero-order chi connectivity index (χ0) is 14.4. The second-order valence-corrected chi connectivity index (χ2v) is 8.47. The van der Waals surface area contributed by atoms with Crippen molar-refractivity contribution in [2.45, 2.75) is 70.6 Å². The molecule has 0 aromatic carbocycles. The molecule has 0 aromatic heterocycles. The Labute approximate surface area is 130 Å². The molecule has 2 nitrogen and oxygen atoms in total. The van der Waals surface area contributed by atoms with Gasteiger partial charge in [-0.1, -0.05) is 39.5 Å². The minimum absolute atomic E-state index is 0.544. The van der Waals surface area contributed by atoms with E-state index in [2.05, 4.69) is 42.7 Å². The Morgan fingerprint density at radius 2 is 1.85 bits per heavy atom. The van der Waals surface area contributed by atoms with Crippen LogP contribution in [0.4, 0.5) is 0 Å². The van der Waals surface area contributed by atoms with E-state index in [0.717, 1.165) is 17.8 Å². The van der Waals surface area contributed by atoms with Crippen molar-refractivity contribution in [2.24, 2.45) is 5.41 Å². The summed E-state index contributed by atoms with van der Waals surface area (Å²) in [5.41, 5.74) is 0.544. The summed E-state index contributed by atoms with van der Waals surface area (Å²) in [7, 11) is 0. The molecule has 1 heterocycles. The maximum Gasteiger partial charge on any atom is 0.0184 e. The number of nitrogens with zero attached hydrogens (tertiary/aromatic N) is 1. The van der Waals surface area contributed by atoms with Crippen molar-refractivity contribution in [2.75, 3.05) is 31.9 Å². The minimum Gasteiger partial charge on any atom is -0.316 e. The molecule has 20 heavy (non-hydrogen) atoms. The molecule has 118 valence electrons. The molecule has 0 bridgehead atoms. The summed E-state index contributed by atoms with van der Waals surface area (Å²) < 4.78 is 0. The number of rotatable bonds is 5. The lowest BCUT2D eigenvalue weighted by Gasteiger charge is -2.44. The first-order valence-corrected chi connectivity index (χ1v) is 9.78. The highest BCUT2D eigenvalue weighted by Gasteiger charge is 2.36. The smallest absolute Gasteiger partial charge is 0.0184 e. The predicted octanol–water partition coefficient (Wildman–Crippen LogP) is 3.76. The number of hydrogen-bond acceptors (Lipinski definition) is 3. The first-order chi connectivity index (χ1) is 9.67. The van der Waals surface area contributed by atoms with Crippen LogP contribution in [0.1, 0.15) is 59.3 Å². The van der Waals surface area contributed by atoms with E-state index in [1.54, 1.807) is 0 Å². The van der Waals surface area contributed by atoms with E-state index in [9.17, 15) is 0 Å². The largest absolute Gasteiger partial charge is 0.316 e. The van der Waals surface area contributed by atoms with Gasteiger partial charge in [-0.05, 0) is 31.7 Å². The van der Waals surface area contributed by atoms with Crippen molar-refractivity contribution in [3.05, 3.63) is 0 Å². The third-order valence-electron chi connectivity index (χ3n) is 5.47. The molecule has 1 saturated carbocycles. The Balaban J connectivity index is 2.01. The van der Waals surface area contributed by atoms with E-state index in [1.807, 2.05) is 0 Å². The van der Waals surface area contributed by atoms with Crippen molar-refractivity contribution in [3.63, 3.8) is 0 Å². The van der Waals surface area contributed by atoms with Crippen LogP contribution in [0, 0.1) is 5.41 Å². The van der Waals surface area contributed by atoms with Gasteiger partial charge in [-0.15, -0.1) is 0 Å². The summed E-state index contributed by atoms with van der Waals surface area (Å²) in [6, 6.07) is 0.746. The van der Waals surface area contributed by atoms with E-state index in [-0.39, 0.29) is 0 Å². The highest BCUT2D eigenvalue weighted by molar-refractivity contribution is 8.00. The topological polar surface area (TPSA) is 15.3 Å². The van der Waals surface area contributed by atoms with Crippen LogP contribution in [0.2, 0.25) is 0 Å². The summed E-state index contributed by atoms with van der Waals surface area (Å²) in [6.45, 7) is 12.1. The zero-order valence-electron chi connectivity index (χ0n) is 13.8. The molecule has 2 rings (SSSR count). The number of hydrogen-bond donors (Lipinski definition) is 1. The zero-order valence-corrected chi connectivity index (χ0v) is 14.6. The average Bonchev–Trinajstić information content (AvgIpc) is 2.68. The second-order valence-electron chi connectivity index (χ2n) is 6.98. The first kappa shape index (κ1) is 16.6. The van der Waals surface area contributed by atoms with Crippen LogP contribution in [0.25, 0.3) is 0 Å². The lowest BCUT2D eigenvalue weighted by atomic mass is 9.79. The molecular formula is C17H34N2S. The second kappa shape index (κ2) is 8.05. The molecule has 2 unspecified atom stereocenters. The summed E-state index contributed by atoms with van der Waals surface area (Å²) in [4.78, 5) is 2.80. The van der Waals surface area contributed by atoms with Crippen LogP contribution in [0.3, 0.4) is 0 Å². The molecular weight excluding hydrogens is 264 g/mol. The van der Waals surface area contributed by atoms with Crippen molar-refractivity contribution >= 4 is 11.8 Å². The van der Waals surface area contributed by atoms with E-state index >= 15 is 0 Å². The van der Waals surface area contributed by atoms with Crippen LogP contribution in [0.5, 0.6) is 0 Å². The van der Waals surface area contributed by atoms with Gasteiger partial charge in [0.25, 0.3) is 0 Å². The van der Waals surface area contributed by atoms with Crippen molar-refractivity contribution < 1.29 is 0 Å². The molecule has 0 aromatic rings. The van der Waals surface area contributed by atoms with Gasteiger partial charge in [-0.25, -0.2) is 0 Å². The van der Waals surface area contributed by atoms with E-state index in [4.69, 9.17) is 0 Å². The van der Waals surface area contributed by atoms with Gasteiger partial charge in [0, 0.05) is 36.7 Å². The lowest BCUT2D eigenvalue weighted by molar-refractivity contribution is 0.100. The quantitative estimate of drug-likeness (QED) is 0.778. The van der Waals surface area contributed by atoms with Crippen LogP contribution in [-0.2, 0) is 0 Å². The molecule has 0 radical (unpaired) electrons. The molecule has 1 aliphatic heterocycles. The van der Waals surface area contributed by atoms with E-state index < -0.39 is 0 Å². The monoisotopic (exact) mass is 298 g/mol. The average molecular weight is 299 g/mol. The van der Waals surface area contributed by atoms with Crippen LogP contribution in [-0.4, -0.2) is 48.1 Å². The molecule has 2 aliphatic rings. The maximum atomic E-state index is 3.67. The summed E-state index contributed by atoms with van der Waals surface area (Å²) in [5, 5.41) is 4.47. The molecule has 0 spiro atoms. The van der Waals surface area contributed by atoms with Crippen molar-refractivity contribution in [1.29, 1.82) is 0 Å². The Morgan fingerprint density at radius 3 is 2.50 bits per heavy atom. The summed E-state index contributed by atoms with van der Waals surface area (Å²) >= 11 is 2.16. The van der Waals surface area contributed by atoms with Gasteiger partial charge >= 0.3 is 0 Å². The molecule has 2 atom stereocenters. The molecule has 2 fully saturated rings. The van der Waals surface area contributed by atoms with Crippen LogP contribution in [0.15, 0.2) is 0 Å². The number of nitrogens with one attached hydrogen (secondary N) is 1. The van der Waals surface area contributed by atoms with Gasteiger partial charge in [-0.3, -0.25) is 4.90 Å². The lowest BCUT2D eigenvalue weighted by Crippen LogP contribution is -2.51. The molecule has 0 amide bonds. The summed E-state index contributed by atoms with van der Waals surface area (Å²) in [6.07, 6.45) is 8.66.